The number of hydrogen-bond acceptors (Lipinski definition) is 4. The van der Waals surface area contributed by atoms with Gasteiger partial charge in [0.15, 0.2) is 5.82 Å². The highest BCUT2D eigenvalue weighted by molar-refractivity contribution is 5.35. The molecule has 0 saturated heterocycles. The molecule has 20 heavy (non-hydrogen) atoms. The number of nitrogens with zero attached hydrogens (tertiary/aromatic N) is 2. The first-order chi connectivity index (χ1) is 9.63. The van der Waals surface area contributed by atoms with Crippen molar-refractivity contribution in [2.75, 3.05) is 0 Å². The molecule has 0 radical (unpaired) electrons. The Balaban J connectivity index is 1.95. The highest BCUT2D eigenvalue weighted by Gasteiger charge is 2.44. The second kappa shape index (κ2) is 5.02. The normalized spacial score (nSPS) is 18.8. The molecule has 0 spiro atoms. The molecule has 1 aromatic carbocycles. The first kappa shape index (κ1) is 13.3. The molecule has 0 unspecified atom stereocenters. The number of nitrogens with two attached hydrogens (primary N) is 1. The molecule has 1 aromatic heterocycles. The minimum absolute atomic E-state index is 0.0697. The summed E-state index contributed by atoms with van der Waals surface area (Å²) in [5.74, 6) is 1.63. The predicted molar refractivity (Wildman–Crippen MR) is 77.1 cm³/mol. The highest BCUT2D eigenvalue weighted by atomic mass is 16.5. The summed E-state index contributed by atoms with van der Waals surface area (Å²) in [5, 5.41) is 4.22. The van der Waals surface area contributed by atoms with Gasteiger partial charge in [0.05, 0.1) is 11.5 Å². The molecule has 0 bridgehead atoms. The van der Waals surface area contributed by atoms with Crippen LogP contribution >= 0.6 is 0 Å². The van der Waals surface area contributed by atoms with Crippen LogP contribution in [0.4, 0.5) is 0 Å². The summed E-state index contributed by atoms with van der Waals surface area (Å²) < 4.78 is 5.41. The standard InChI is InChI=1S/C16H21N3O/c1-11(2)13(17)14-18-15(19-20-14)16(9-6-10-16)12-7-4-3-5-8-12/h3-5,7-8,11,13H,6,9-10,17H2,1-2H3/t13-/m0/s1. The molecule has 4 heteroatoms. The SMILES string of the molecule is CC(C)[C@H](N)c1nc(C2(c3ccccc3)CCC2)no1. The minimum Gasteiger partial charge on any atom is -0.338 e. The molecule has 2 aromatic rings. The van der Waals surface area contributed by atoms with Crippen molar-refractivity contribution < 1.29 is 4.52 Å². The average molecular weight is 271 g/mol. The van der Waals surface area contributed by atoms with Crippen LogP contribution in [0, 0.1) is 5.92 Å². The second-order valence-corrected chi connectivity index (χ2v) is 6.03. The number of benzene rings is 1. The first-order valence-corrected chi connectivity index (χ1v) is 7.29. The van der Waals surface area contributed by atoms with Crippen LogP contribution < -0.4 is 5.73 Å². The quantitative estimate of drug-likeness (QED) is 0.927. The Kier molecular flexibility index (Phi) is 3.34. The van der Waals surface area contributed by atoms with Crippen LogP contribution in [0.25, 0.3) is 0 Å². The Bertz CT molecular complexity index is 572. The van der Waals surface area contributed by atoms with Crippen LogP contribution in [-0.2, 0) is 5.41 Å². The van der Waals surface area contributed by atoms with Crippen LogP contribution in [-0.4, -0.2) is 10.1 Å². The summed E-state index contributed by atoms with van der Waals surface area (Å²) >= 11 is 0. The van der Waals surface area contributed by atoms with Gasteiger partial charge in [0, 0.05) is 0 Å². The molecule has 3 rings (SSSR count). The molecule has 1 atom stereocenters. The monoisotopic (exact) mass is 271 g/mol. The van der Waals surface area contributed by atoms with Crippen molar-refractivity contribution in [3.05, 3.63) is 47.6 Å². The molecule has 1 saturated carbocycles. The van der Waals surface area contributed by atoms with Crippen molar-refractivity contribution in [1.82, 2.24) is 10.1 Å². The molecule has 1 heterocycles. The van der Waals surface area contributed by atoms with Crippen molar-refractivity contribution in [1.29, 1.82) is 0 Å². The van der Waals surface area contributed by atoms with E-state index in [-0.39, 0.29) is 17.4 Å². The lowest BCUT2D eigenvalue weighted by atomic mass is 9.64. The van der Waals surface area contributed by atoms with Crippen LogP contribution in [0.15, 0.2) is 34.9 Å². The van der Waals surface area contributed by atoms with Crippen LogP contribution in [0.2, 0.25) is 0 Å². The fourth-order valence-electron chi connectivity index (χ4n) is 2.78. The Labute approximate surface area is 119 Å². The zero-order valence-corrected chi connectivity index (χ0v) is 12.0. The lowest BCUT2D eigenvalue weighted by Crippen LogP contribution is -2.36. The molecule has 1 fully saturated rings. The Hall–Kier alpha value is -1.68. The highest BCUT2D eigenvalue weighted by Crippen LogP contribution is 2.47. The van der Waals surface area contributed by atoms with Gasteiger partial charge in [0.25, 0.3) is 0 Å². The third-order valence-electron chi connectivity index (χ3n) is 4.41. The summed E-state index contributed by atoms with van der Waals surface area (Å²) in [5.41, 5.74) is 7.30. The Morgan fingerprint density at radius 1 is 1.20 bits per heavy atom. The zero-order chi connectivity index (χ0) is 14.2. The maximum atomic E-state index is 6.10. The summed E-state index contributed by atoms with van der Waals surface area (Å²) in [6.45, 7) is 4.12. The van der Waals surface area contributed by atoms with Crippen LogP contribution in [0.5, 0.6) is 0 Å². The molecule has 1 aliphatic rings. The lowest BCUT2D eigenvalue weighted by Gasteiger charge is -2.39. The summed E-state index contributed by atoms with van der Waals surface area (Å²) in [4.78, 5) is 4.60. The van der Waals surface area contributed by atoms with E-state index in [1.54, 1.807) is 0 Å². The van der Waals surface area contributed by atoms with Crippen molar-refractivity contribution in [2.45, 2.75) is 44.6 Å². The van der Waals surface area contributed by atoms with Crippen molar-refractivity contribution in [3.8, 4) is 0 Å². The Morgan fingerprint density at radius 3 is 2.45 bits per heavy atom. The van der Waals surface area contributed by atoms with Gasteiger partial charge in [-0.05, 0) is 24.3 Å². The van der Waals surface area contributed by atoms with Crippen molar-refractivity contribution >= 4 is 0 Å². The fourth-order valence-corrected chi connectivity index (χ4v) is 2.78. The van der Waals surface area contributed by atoms with Gasteiger partial charge in [0.1, 0.15) is 0 Å². The van der Waals surface area contributed by atoms with E-state index in [1.165, 1.54) is 12.0 Å². The molecule has 4 nitrogen and oxygen atoms in total. The van der Waals surface area contributed by atoms with E-state index in [0.717, 1.165) is 18.7 Å². The molecular formula is C16H21N3O. The second-order valence-electron chi connectivity index (χ2n) is 6.03. The largest absolute Gasteiger partial charge is 0.338 e. The van der Waals surface area contributed by atoms with E-state index < -0.39 is 0 Å². The summed E-state index contributed by atoms with van der Waals surface area (Å²) in [7, 11) is 0. The van der Waals surface area contributed by atoms with E-state index in [9.17, 15) is 0 Å². The summed E-state index contributed by atoms with van der Waals surface area (Å²) in [6.07, 6.45) is 3.36. The molecule has 0 aliphatic heterocycles. The number of aromatic nitrogens is 2. The van der Waals surface area contributed by atoms with E-state index in [4.69, 9.17) is 10.3 Å². The van der Waals surface area contributed by atoms with Gasteiger partial charge in [-0.15, -0.1) is 0 Å². The molecule has 1 aliphatic carbocycles. The number of hydrogen-bond donors (Lipinski definition) is 1. The topological polar surface area (TPSA) is 64.9 Å². The first-order valence-electron chi connectivity index (χ1n) is 7.29. The van der Waals surface area contributed by atoms with E-state index in [0.29, 0.717) is 5.89 Å². The smallest absolute Gasteiger partial charge is 0.243 e. The fraction of sp³-hybridized carbons (Fsp3) is 0.500. The number of rotatable bonds is 4. The summed E-state index contributed by atoms with van der Waals surface area (Å²) in [6, 6.07) is 10.3. The van der Waals surface area contributed by atoms with Gasteiger partial charge in [-0.3, -0.25) is 0 Å². The lowest BCUT2D eigenvalue weighted by molar-refractivity contribution is 0.267. The molecular weight excluding hydrogens is 250 g/mol. The van der Waals surface area contributed by atoms with E-state index in [2.05, 4.69) is 48.3 Å². The van der Waals surface area contributed by atoms with E-state index in [1.807, 2.05) is 6.07 Å². The van der Waals surface area contributed by atoms with Gasteiger partial charge >= 0.3 is 0 Å². The van der Waals surface area contributed by atoms with Crippen LogP contribution in [0.1, 0.15) is 56.4 Å². The molecule has 106 valence electrons. The van der Waals surface area contributed by atoms with Crippen LogP contribution in [0.3, 0.4) is 0 Å². The van der Waals surface area contributed by atoms with Gasteiger partial charge in [0.2, 0.25) is 5.89 Å². The van der Waals surface area contributed by atoms with Crippen molar-refractivity contribution in [2.24, 2.45) is 11.7 Å². The van der Waals surface area contributed by atoms with Gasteiger partial charge in [-0.25, -0.2) is 0 Å². The molecule has 2 N–H and O–H groups in total. The van der Waals surface area contributed by atoms with Gasteiger partial charge < -0.3 is 10.3 Å². The third-order valence-corrected chi connectivity index (χ3v) is 4.41. The molecule has 0 amide bonds. The third kappa shape index (κ3) is 2.04. The van der Waals surface area contributed by atoms with Gasteiger partial charge in [-0.1, -0.05) is 55.8 Å². The minimum atomic E-state index is -0.191. The van der Waals surface area contributed by atoms with E-state index >= 15 is 0 Å². The van der Waals surface area contributed by atoms with Crippen molar-refractivity contribution in [3.63, 3.8) is 0 Å². The van der Waals surface area contributed by atoms with Gasteiger partial charge in [-0.2, -0.15) is 4.98 Å². The maximum absolute atomic E-state index is 6.10. The maximum Gasteiger partial charge on any atom is 0.243 e. The Morgan fingerprint density at radius 2 is 1.90 bits per heavy atom. The zero-order valence-electron chi connectivity index (χ0n) is 12.0. The average Bonchev–Trinajstić information content (AvgIpc) is 2.87. The predicted octanol–water partition coefficient (Wildman–Crippen LogP) is 3.20.